The van der Waals surface area contributed by atoms with Crippen molar-refractivity contribution < 1.29 is 14.3 Å². The van der Waals surface area contributed by atoms with Gasteiger partial charge in [0.15, 0.2) is 11.5 Å². The van der Waals surface area contributed by atoms with E-state index in [4.69, 9.17) is 9.47 Å². The summed E-state index contributed by atoms with van der Waals surface area (Å²) in [4.78, 5) is 13.2. The van der Waals surface area contributed by atoms with Gasteiger partial charge in [-0.1, -0.05) is 6.07 Å². The van der Waals surface area contributed by atoms with Crippen LogP contribution in [0.5, 0.6) is 11.5 Å². The standard InChI is InChI=1S/C24H25N9O3/c1-3-35-21-11-10-16(14-22(21)36-4-2)19-9-6-12-33(30-19)24(34)17-7-5-8-18(13-17)26-27-20(15-25)23-28-31-32-29-23/h5,7-8,10-11,13-14,26H,3-4,6,9,12H2,1-2H3,(H,28,29,31,32)/b27-20-. The van der Waals surface area contributed by atoms with Crippen LogP contribution in [0, 0.1) is 11.3 Å². The highest BCUT2D eigenvalue weighted by Crippen LogP contribution is 2.30. The van der Waals surface area contributed by atoms with Crippen molar-refractivity contribution in [1.29, 1.82) is 5.26 Å². The molecule has 3 aromatic rings. The van der Waals surface area contributed by atoms with E-state index in [-0.39, 0.29) is 17.4 Å². The Bertz CT molecular complexity index is 1310. The number of hydrogen-bond acceptors (Lipinski definition) is 10. The quantitative estimate of drug-likeness (QED) is 0.345. The Kier molecular flexibility index (Phi) is 7.82. The van der Waals surface area contributed by atoms with Crippen molar-refractivity contribution in [3.63, 3.8) is 0 Å². The summed E-state index contributed by atoms with van der Waals surface area (Å²) in [6, 6.07) is 14.4. The van der Waals surface area contributed by atoms with Crippen LogP contribution in [0.25, 0.3) is 0 Å². The molecule has 0 unspecified atom stereocenters. The second kappa shape index (κ2) is 11.6. The third-order valence-corrected chi connectivity index (χ3v) is 5.21. The lowest BCUT2D eigenvalue weighted by Gasteiger charge is -2.24. The number of rotatable bonds is 9. The zero-order chi connectivity index (χ0) is 25.3. The maximum absolute atomic E-state index is 13.2. The van der Waals surface area contributed by atoms with Crippen LogP contribution >= 0.6 is 0 Å². The van der Waals surface area contributed by atoms with E-state index >= 15 is 0 Å². The Hall–Kier alpha value is -4.79. The predicted octanol–water partition coefficient (Wildman–Crippen LogP) is 2.98. The van der Waals surface area contributed by atoms with Crippen molar-refractivity contribution in [1.82, 2.24) is 25.6 Å². The molecule has 2 heterocycles. The van der Waals surface area contributed by atoms with E-state index in [0.717, 1.165) is 24.1 Å². The highest BCUT2D eigenvalue weighted by molar-refractivity contribution is 6.09. The minimum Gasteiger partial charge on any atom is -0.490 e. The van der Waals surface area contributed by atoms with Crippen molar-refractivity contribution in [3.8, 4) is 17.6 Å². The summed E-state index contributed by atoms with van der Waals surface area (Å²) in [7, 11) is 0. The van der Waals surface area contributed by atoms with E-state index < -0.39 is 0 Å². The number of benzene rings is 2. The molecule has 0 saturated carbocycles. The Balaban J connectivity index is 1.53. The molecular formula is C24H25N9O3. The molecule has 0 fully saturated rings. The van der Waals surface area contributed by atoms with Gasteiger partial charge in [-0.3, -0.25) is 10.2 Å². The average Bonchev–Trinajstić information content (AvgIpc) is 3.45. The summed E-state index contributed by atoms with van der Waals surface area (Å²) >= 11 is 0. The number of aromatic amines is 1. The number of hydrogen-bond donors (Lipinski definition) is 2. The molecular weight excluding hydrogens is 462 g/mol. The fourth-order valence-electron chi connectivity index (χ4n) is 3.60. The first kappa shape index (κ1) is 24.3. The zero-order valence-electron chi connectivity index (χ0n) is 19.9. The van der Waals surface area contributed by atoms with Crippen LogP contribution in [0.2, 0.25) is 0 Å². The number of nitrogens with one attached hydrogen (secondary N) is 2. The van der Waals surface area contributed by atoms with Crippen molar-refractivity contribution >= 4 is 23.0 Å². The molecule has 0 radical (unpaired) electrons. The first-order valence-corrected chi connectivity index (χ1v) is 11.5. The number of aromatic nitrogens is 4. The molecule has 0 spiro atoms. The summed E-state index contributed by atoms with van der Waals surface area (Å²) in [5.74, 6) is 1.15. The fourth-order valence-corrected chi connectivity index (χ4v) is 3.60. The van der Waals surface area contributed by atoms with Gasteiger partial charge < -0.3 is 9.47 Å². The van der Waals surface area contributed by atoms with E-state index in [1.165, 1.54) is 5.01 Å². The van der Waals surface area contributed by atoms with E-state index in [2.05, 4.69) is 36.3 Å². The lowest BCUT2D eigenvalue weighted by Crippen LogP contribution is -2.32. The Morgan fingerprint density at radius 2 is 2.03 bits per heavy atom. The average molecular weight is 488 g/mol. The molecule has 0 bridgehead atoms. The number of nitriles is 1. The Labute approximate surface area is 207 Å². The van der Waals surface area contributed by atoms with Gasteiger partial charge in [0, 0.05) is 17.7 Å². The third-order valence-electron chi connectivity index (χ3n) is 5.21. The number of nitrogens with zero attached hydrogens (tertiary/aromatic N) is 7. The molecule has 0 atom stereocenters. The molecule has 0 aliphatic carbocycles. The van der Waals surface area contributed by atoms with Crippen LogP contribution in [-0.4, -0.2) is 62.7 Å². The van der Waals surface area contributed by atoms with Gasteiger partial charge in [-0.05, 0) is 68.3 Å². The van der Waals surface area contributed by atoms with Gasteiger partial charge >= 0.3 is 0 Å². The lowest BCUT2D eigenvalue weighted by atomic mass is 10.0. The lowest BCUT2D eigenvalue weighted by molar-refractivity contribution is 0.0751. The van der Waals surface area contributed by atoms with E-state index in [9.17, 15) is 10.1 Å². The van der Waals surface area contributed by atoms with Crippen LogP contribution in [-0.2, 0) is 0 Å². The fraction of sp³-hybridized carbons (Fsp3) is 0.292. The normalized spacial score (nSPS) is 13.5. The van der Waals surface area contributed by atoms with Crippen LogP contribution in [0.1, 0.15) is 48.4 Å². The number of H-pyrrole nitrogens is 1. The maximum atomic E-state index is 13.2. The van der Waals surface area contributed by atoms with Crippen molar-refractivity contribution in [3.05, 3.63) is 59.4 Å². The van der Waals surface area contributed by atoms with E-state index in [0.29, 0.717) is 42.5 Å². The highest BCUT2D eigenvalue weighted by atomic mass is 16.5. The van der Waals surface area contributed by atoms with E-state index in [1.54, 1.807) is 24.3 Å². The number of hydrazone groups is 2. The second-order valence-electron chi connectivity index (χ2n) is 7.61. The third kappa shape index (κ3) is 5.64. The van der Waals surface area contributed by atoms with Gasteiger partial charge in [0.25, 0.3) is 5.91 Å². The van der Waals surface area contributed by atoms with Crippen molar-refractivity contribution in [2.75, 3.05) is 25.2 Å². The number of anilines is 1. The van der Waals surface area contributed by atoms with Gasteiger partial charge in [-0.2, -0.15) is 20.7 Å². The predicted molar refractivity (Wildman–Crippen MR) is 132 cm³/mol. The molecule has 1 aliphatic heterocycles. The van der Waals surface area contributed by atoms with Gasteiger partial charge in [-0.15, -0.1) is 10.2 Å². The van der Waals surface area contributed by atoms with Crippen LogP contribution in [0.3, 0.4) is 0 Å². The topological polar surface area (TPSA) is 154 Å². The van der Waals surface area contributed by atoms with Crippen molar-refractivity contribution in [2.24, 2.45) is 10.2 Å². The number of tetrazole rings is 1. The summed E-state index contributed by atoms with van der Waals surface area (Å²) in [5.41, 5.74) is 5.35. The maximum Gasteiger partial charge on any atom is 0.274 e. The van der Waals surface area contributed by atoms with Gasteiger partial charge in [-0.25, -0.2) is 5.01 Å². The molecule has 1 aromatic heterocycles. The monoisotopic (exact) mass is 487 g/mol. The molecule has 1 amide bonds. The van der Waals surface area contributed by atoms with Gasteiger partial charge in [0.1, 0.15) is 6.07 Å². The summed E-state index contributed by atoms with van der Waals surface area (Å²) in [6.45, 7) is 5.40. The second-order valence-corrected chi connectivity index (χ2v) is 7.61. The molecule has 2 aromatic carbocycles. The number of amides is 1. The SMILES string of the molecule is CCOc1ccc(C2=NN(C(=O)c3cccc(N/N=C(/C#N)c4nn[nH]n4)c3)CCC2)cc1OCC. The van der Waals surface area contributed by atoms with Crippen LogP contribution in [0.4, 0.5) is 5.69 Å². The number of ether oxygens (including phenoxy) is 2. The first-order chi connectivity index (χ1) is 17.6. The molecule has 0 saturated heterocycles. The smallest absolute Gasteiger partial charge is 0.274 e. The molecule has 184 valence electrons. The minimum absolute atomic E-state index is 0.0486. The molecule has 1 aliphatic rings. The Morgan fingerprint density at radius 3 is 2.78 bits per heavy atom. The summed E-state index contributed by atoms with van der Waals surface area (Å²) in [5, 5.41) is 32.5. The van der Waals surface area contributed by atoms with E-state index in [1.807, 2.05) is 38.1 Å². The summed E-state index contributed by atoms with van der Waals surface area (Å²) in [6.07, 6.45) is 1.52. The highest BCUT2D eigenvalue weighted by Gasteiger charge is 2.22. The summed E-state index contributed by atoms with van der Waals surface area (Å²) < 4.78 is 11.4. The molecule has 12 heteroatoms. The number of carbonyl (C=O) groups is 1. The van der Waals surface area contributed by atoms with Crippen molar-refractivity contribution in [2.45, 2.75) is 26.7 Å². The van der Waals surface area contributed by atoms with Crippen LogP contribution in [0.15, 0.2) is 52.7 Å². The van der Waals surface area contributed by atoms with Gasteiger partial charge in [0.2, 0.25) is 11.5 Å². The minimum atomic E-state index is -0.241. The number of carbonyl (C=O) groups excluding carboxylic acids is 1. The largest absolute Gasteiger partial charge is 0.490 e. The zero-order valence-corrected chi connectivity index (χ0v) is 19.9. The first-order valence-electron chi connectivity index (χ1n) is 11.5. The molecule has 12 nitrogen and oxygen atoms in total. The molecule has 36 heavy (non-hydrogen) atoms. The Morgan fingerprint density at radius 1 is 1.19 bits per heavy atom. The van der Waals surface area contributed by atoms with Gasteiger partial charge in [0.05, 0.1) is 24.6 Å². The van der Waals surface area contributed by atoms with Crippen LogP contribution < -0.4 is 14.9 Å². The molecule has 4 rings (SSSR count). The molecule has 2 N–H and O–H groups in total.